The number of hydrogen-bond acceptors (Lipinski definition) is 3. The minimum atomic E-state index is -0.200. The van der Waals surface area contributed by atoms with E-state index < -0.39 is 0 Å². The normalized spacial score (nSPS) is 10.3. The molecule has 0 heterocycles. The predicted molar refractivity (Wildman–Crippen MR) is 92.0 cm³/mol. The van der Waals surface area contributed by atoms with Crippen molar-refractivity contribution in [2.75, 3.05) is 30.6 Å². The summed E-state index contributed by atoms with van der Waals surface area (Å²) in [5, 5.41) is 3.32. The van der Waals surface area contributed by atoms with Crippen molar-refractivity contribution in [1.29, 1.82) is 0 Å². The largest absolute Gasteiger partial charge is 0.378 e. The molecule has 0 bridgehead atoms. The van der Waals surface area contributed by atoms with Crippen LogP contribution in [0, 0.1) is 0 Å². The van der Waals surface area contributed by atoms with E-state index in [9.17, 15) is 4.79 Å². The summed E-state index contributed by atoms with van der Waals surface area (Å²) >= 11 is 7.68. The van der Waals surface area contributed by atoms with Gasteiger partial charge in [0.2, 0.25) is 0 Å². The van der Waals surface area contributed by atoms with Crippen LogP contribution in [-0.4, -0.2) is 26.3 Å². The highest BCUT2D eigenvalue weighted by atomic mass is 35.5. The molecule has 0 fully saturated rings. The van der Waals surface area contributed by atoms with Crippen LogP contribution < -0.4 is 10.2 Å². The minimum Gasteiger partial charge on any atom is -0.378 e. The molecule has 0 saturated carbocycles. The number of nitrogens with one attached hydrogen (secondary N) is 1. The summed E-state index contributed by atoms with van der Waals surface area (Å²) in [4.78, 5) is 15.3. The molecule has 0 atom stereocenters. The van der Waals surface area contributed by atoms with Gasteiger partial charge in [0.25, 0.3) is 5.91 Å². The molecule has 2 rings (SSSR count). The molecule has 2 aromatic rings. The molecule has 3 nitrogen and oxygen atoms in total. The third-order valence-electron chi connectivity index (χ3n) is 3.06. The smallest absolute Gasteiger partial charge is 0.257 e. The quantitative estimate of drug-likeness (QED) is 0.848. The number of benzene rings is 2. The molecule has 0 saturated heterocycles. The Balaban J connectivity index is 2.17. The second kappa shape index (κ2) is 6.87. The Hall–Kier alpha value is -1.65. The van der Waals surface area contributed by atoms with Crippen molar-refractivity contribution in [2.24, 2.45) is 0 Å². The van der Waals surface area contributed by atoms with Gasteiger partial charge in [0.15, 0.2) is 0 Å². The first-order valence-electron chi connectivity index (χ1n) is 6.43. The fourth-order valence-corrected chi connectivity index (χ4v) is 2.49. The number of hydrogen-bond donors (Lipinski definition) is 1. The fourth-order valence-electron chi connectivity index (χ4n) is 1.85. The van der Waals surface area contributed by atoms with Gasteiger partial charge in [-0.3, -0.25) is 4.79 Å². The number of anilines is 2. The number of carbonyl (C=O) groups is 1. The molecule has 0 unspecified atom stereocenters. The van der Waals surface area contributed by atoms with Gasteiger partial charge in [-0.05, 0) is 48.7 Å². The number of thioether (sulfide) groups is 1. The third-order valence-corrected chi connectivity index (χ3v) is 4.11. The molecule has 0 aromatic heterocycles. The predicted octanol–water partition coefficient (Wildman–Crippen LogP) is 4.38. The monoisotopic (exact) mass is 320 g/mol. The average molecular weight is 321 g/mol. The van der Waals surface area contributed by atoms with E-state index in [4.69, 9.17) is 11.6 Å². The zero-order valence-electron chi connectivity index (χ0n) is 12.2. The van der Waals surface area contributed by atoms with Crippen LogP contribution in [0.1, 0.15) is 10.4 Å². The maximum atomic E-state index is 12.3. The van der Waals surface area contributed by atoms with Crippen molar-refractivity contribution < 1.29 is 4.79 Å². The standard InChI is InChI=1S/C16H17ClN2OS/c1-19(2)12-6-4-11(5-7-12)18-16(20)14-10-13(21-3)8-9-15(14)17/h4-10H,1-3H3,(H,18,20). The van der Waals surface area contributed by atoms with Crippen LogP contribution in [0.3, 0.4) is 0 Å². The number of nitrogens with zero attached hydrogens (tertiary/aromatic N) is 1. The van der Waals surface area contributed by atoms with Crippen LogP contribution in [0.5, 0.6) is 0 Å². The van der Waals surface area contributed by atoms with E-state index in [0.29, 0.717) is 10.6 Å². The zero-order chi connectivity index (χ0) is 15.4. The van der Waals surface area contributed by atoms with E-state index in [1.54, 1.807) is 23.9 Å². The van der Waals surface area contributed by atoms with Crippen molar-refractivity contribution in [3.63, 3.8) is 0 Å². The molecule has 110 valence electrons. The van der Waals surface area contributed by atoms with Crippen molar-refractivity contribution in [3.8, 4) is 0 Å². The molecule has 0 spiro atoms. The number of amides is 1. The topological polar surface area (TPSA) is 32.3 Å². The van der Waals surface area contributed by atoms with Crippen molar-refractivity contribution in [2.45, 2.75) is 4.90 Å². The lowest BCUT2D eigenvalue weighted by Crippen LogP contribution is -2.13. The molecule has 21 heavy (non-hydrogen) atoms. The van der Waals surface area contributed by atoms with E-state index in [-0.39, 0.29) is 5.91 Å². The highest BCUT2D eigenvalue weighted by Crippen LogP contribution is 2.24. The fraction of sp³-hybridized carbons (Fsp3) is 0.188. The van der Waals surface area contributed by atoms with Gasteiger partial charge in [0.1, 0.15) is 0 Å². The molecule has 1 amide bonds. The summed E-state index contributed by atoms with van der Waals surface area (Å²) in [6, 6.07) is 13.1. The lowest BCUT2D eigenvalue weighted by Gasteiger charge is -2.13. The SMILES string of the molecule is CSc1ccc(Cl)c(C(=O)Nc2ccc(N(C)C)cc2)c1. The van der Waals surface area contributed by atoms with Crippen LogP contribution in [0.4, 0.5) is 11.4 Å². The second-order valence-electron chi connectivity index (χ2n) is 4.74. The Morgan fingerprint density at radius 3 is 2.38 bits per heavy atom. The average Bonchev–Trinajstić information content (AvgIpc) is 2.48. The molecule has 1 N–H and O–H groups in total. The van der Waals surface area contributed by atoms with E-state index >= 15 is 0 Å². The molecule has 0 aliphatic carbocycles. The molecule has 5 heteroatoms. The van der Waals surface area contributed by atoms with Gasteiger partial charge in [-0.1, -0.05) is 11.6 Å². The second-order valence-corrected chi connectivity index (χ2v) is 6.03. The van der Waals surface area contributed by atoms with Gasteiger partial charge in [-0.25, -0.2) is 0 Å². The van der Waals surface area contributed by atoms with Crippen LogP contribution in [0.15, 0.2) is 47.4 Å². The van der Waals surface area contributed by atoms with Crippen molar-refractivity contribution in [3.05, 3.63) is 53.1 Å². The Morgan fingerprint density at radius 2 is 1.81 bits per heavy atom. The van der Waals surface area contributed by atoms with Crippen LogP contribution in [-0.2, 0) is 0 Å². The van der Waals surface area contributed by atoms with Crippen molar-refractivity contribution >= 4 is 40.6 Å². The number of halogens is 1. The van der Waals surface area contributed by atoms with E-state index in [1.165, 1.54) is 0 Å². The maximum Gasteiger partial charge on any atom is 0.257 e. The highest BCUT2D eigenvalue weighted by molar-refractivity contribution is 7.98. The summed E-state index contributed by atoms with van der Waals surface area (Å²) in [5.41, 5.74) is 2.31. The van der Waals surface area contributed by atoms with Crippen molar-refractivity contribution in [1.82, 2.24) is 0 Å². The van der Waals surface area contributed by atoms with E-state index in [0.717, 1.165) is 16.3 Å². The first-order valence-corrected chi connectivity index (χ1v) is 8.04. The maximum absolute atomic E-state index is 12.3. The molecular weight excluding hydrogens is 304 g/mol. The van der Waals surface area contributed by atoms with Gasteiger partial charge in [-0.2, -0.15) is 0 Å². The molecule has 0 aliphatic heterocycles. The molecular formula is C16H17ClN2OS. The third kappa shape index (κ3) is 3.93. The summed E-state index contributed by atoms with van der Waals surface area (Å²) < 4.78 is 0. The highest BCUT2D eigenvalue weighted by Gasteiger charge is 2.11. The lowest BCUT2D eigenvalue weighted by molar-refractivity contribution is 0.102. The zero-order valence-corrected chi connectivity index (χ0v) is 13.8. The van der Waals surface area contributed by atoms with E-state index in [2.05, 4.69) is 5.32 Å². The van der Waals surface area contributed by atoms with Gasteiger partial charge >= 0.3 is 0 Å². The Labute approximate surface area is 134 Å². The Kier molecular flexibility index (Phi) is 5.15. The van der Waals surface area contributed by atoms with Crippen LogP contribution in [0.2, 0.25) is 5.02 Å². The lowest BCUT2D eigenvalue weighted by atomic mass is 10.2. The molecule has 0 radical (unpaired) electrons. The van der Waals surface area contributed by atoms with Gasteiger partial charge in [-0.15, -0.1) is 11.8 Å². The van der Waals surface area contributed by atoms with Gasteiger partial charge in [0.05, 0.1) is 10.6 Å². The van der Waals surface area contributed by atoms with Gasteiger partial charge < -0.3 is 10.2 Å². The summed E-state index contributed by atoms with van der Waals surface area (Å²) in [6.07, 6.45) is 1.96. The first kappa shape index (κ1) is 15.7. The van der Waals surface area contributed by atoms with Gasteiger partial charge in [0, 0.05) is 30.4 Å². The first-order chi connectivity index (χ1) is 10.0. The minimum absolute atomic E-state index is 0.200. The molecule has 0 aliphatic rings. The number of carbonyl (C=O) groups excluding carboxylic acids is 1. The van der Waals surface area contributed by atoms with Crippen LogP contribution in [0.25, 0.3) is 0 Å². The Morgan fingerprint density at radius 1 is 1.14 bits per heavy atom. The van der Waals surface area contributed by atoms with Crippen LogP contribution >= 0.6 is 23.4 Å². The summed E-state index contributed by atoms with van der Waals surface area (Å²) in [7, 11) is 3.95. The Bertz CT molecular complexity index is 641. The summed E-state index contributed by atoms with van der Waals surface area (Å²) in [6.45, 7) is 0. The number of rotatable bonds is 4. The summed E-state index contributed by atoms with van der Waals surface area (Å²) in [5.74, 6) is -0.200. The molecule has 2 aromatic carbocycles. The van der Waals surface area contributed by atoms with E-state index in [1.807, 2.05) is 55.6 Å².